The van der Waals surface area contributed by atoms with Crippen LogP contribution in [0.25, 0.3) is 0 Å². The van der Waals surface area contributed by atoms with Crippen molar-refractivity contribution in [3.8, 4) is 0 Å². The van der Waals surface area contributed by atoms with Gasteiger partial charge in [-0.15, -0.1) is 18.3 Å². The Hall–Kier alpha value is -0.970. The van der Waals surface area contributed by atoms with Gasteiger partial charge in [0.15, 0.2) is 0 Å². The summed E-state index contributed by atoms with van der Waals surface area (Å²) in [5, 5.41) is 6.86. The first-order chi connectivity index (χ1) is 9.70. The van der Waals surface area contributed by atoms with E-state index in [1.165, 1.54) is 0 Å². The minimum Gasteiger partial charge on any atom is -0.324 e. The Kier molecular flexibility index (Phi) is 5.95. The number of amides is 1. The van der Waals surface area contributed by atoms with Gasteiger partial charge < -0.3 is 10.6 Å². The predicted molar refractivity (Wildman–Crippen MR) is 86.6 cm³/mol. The quantitative estimate of drug-likeness (QED) is 0.643. The molecule has 0 aromatic heterocycles. The summed E-state index contributed by atoms with van der Waals surface area (Å²) in [6.07, 6.45) is 4.97. The molecule has 1 aromatic rings. The van der Waals surface area contributed by atoms with E-state index in [0.717, 1.165) is 42.1 Å². The fourth-order valence-electron chi connectivity index (χ4n) is 2.17. The van der Waals surface area contributed by atoms with Gasteiger partial charge in [0.2, 0.25) is 5.91 Å². The molecular formula is C15H19ClN2OS. The number of anilines is 1. The average molecular weight is 311 g/mol. The smallest absolute Gasteiger partial charge is 0.241 e. The molecule has 1 atom stereocenters. The van der Waals surface area contributed by atoms with Gasteiger partial charge in [-0.05, 0) is 37.6 Å². The predicted octanol–water partition coefficient (Wildman–Crippen LogP) is 3.70. The molecule has 1 aliphatic heterocycles. The molecule has 108 valence electrons. The van der Waals surface area contributed by atoms with Gasteiger partial charge in [0, 0.05) is 15.7 Å². The Morgan fingerprint density at radius 1 is 1.55 bits per heavy atom. The van der Waals surface area contributed by atoms with Crippen molar-refractivity contribution in [2.45, 2.75) is 30.2 Å². The van der Waals surface area contributed by atoms with Gasteiger partial charge in [-0.2, -0.15) is 0 Å². The third-order valence-corrected chi connectivity index (χ3v) is 4.49. The van der Waals surface area contributed by atoms with Gasteiger partial charge in [-0.1, -0.05) is 24.1 Å². The molecule has 3 nitrogen and oxygen atoms in total. The maximum Gasteiger partial charge on any atom is 0.241 e. The first-order valence-corrected chi connectivity index (χ1v) is 8.14. The highest BCUT2D eigenvalue weighted by Gasteiger charge is 2.21. The molecule has 1 unspecified atom stereocenters. The van der Waals surface area contributed by atoms with E-state index in [9.17, 15) is 4.79 Å². The van der Waals surface area contributed by atoms with E-state index in [2.05, 4.69) is 17.2 Å². The largest absolute Gasteiger partial charge is 0.324 e. The molecule has 1 heterocycles. The first-order valence-electron chi connectivity index (χ1n) is 6.78. The van der Waals surface area contributed by atoms with Crippen LogP contribution in [0.15, 0.2) is 35.7 Å². The molecule has 1 saturated heterocycles. The molecule has 5 heteroatoms. The maximum atomic E-state index is 12.3. The molecule has 0 saturated carbocycles. The highest BCUT2D eigenvalue weighted by Crippen LogP contribution is 2.30. The van der Waals surface area contributed by atoms with E-state index in [1.54, 1.807) is 17.8 Å². The molecule has 2 N–H and O–H groups in total. The van der Waals surface area contributed by atoms with Crippen molar-refractivity contribution >= 4 is 35.0 Å². The van der Waals surface area contributed by atoms with Crippen LogP contribution in [0.5, 0.6) is 0 Å². The van der Waals surface area contributed by atoms with Crippen LogP contribution in [0.3, 0.4) is 0 Å². The molecule has 1 aromatic carbocycles. The summed E-state index contributed by atoms with van der Waals surface area (Å²) in [6.45, 7) is 4.62. The number of nitrogens with one attached hydrogen (secondary N) is 2. The molecule has 0 radical (unpaired) electrons. The summed E-state index contributed by atoms with van der Waals surface area (Å²) in [5.74, 6) is 0.819. The summed E-state index contributed by atoms with van der Waals surface area (Å²) in [6, 6.07) is 5.47. The standard InChI is InChI=1S/C15H19ClN2OS/c1-2-9-20-14-7-6-11(16)10-13(14)18-15(19)12-5-3-4-8-17-12/h2,6-7,10,12,17H,1,3-5,8-9H2,(H,18,19). The number of rotatable bonds is 5. The number of carbonyl (C=O) groups is 1. The monoisotopic (exact) mass is 310 g/mol. The third kappa shape index (κ3) is 4.27. The van der Waals surface area contributed by atoms with Gasteiger partial charge >= 0.3 is 0 Å². The van der Waals surface area contributed by atoms with Gasteiger partial charge in [0.05, 0.1) is 11.7 Å². The van der Waals surface area contributed by atoms with Crippen molar-refractivity contribution in [1.29, 1.82) is 0 Å². The van der Waals surface area contributed by atoms with Crippen LogP contribution >= 0.6 is 23.4 Å². The summed E-state index contributed by atoms with van der Waals surface area (Å²) >= 11 is 7.66. The Morgan fingerprint density at radius 2 is 2.40 bits per heavy atom. The zero-order valence-corrected chi connectivity index (χ0v) is 12.9. The van der Waals surface area contributed by atoms with Crippen LogP contribution < -0.4 is 10.6 Å². The molecule has 1 amide bonds. The fourth-order valence-corrected chi connectivity index (χ4v) is 3.07. The zero-order valence-electron chi connectivity index (χ0n) is 11.3. The highest BCUT2D eigenvalue weighted by molar-refractivity contribution is 7.99. The number of thioether (sulfide) groups is 1. The lowest BCUT2D eigenvalue weighted by Crippen LogP contribution is -2.43. The van der Waals surface area contributed by atoms with Crippen LogP contribution in [0.2, 0.25) is 5.02 Å². The number of piperidine rings is 1. The van der Waals surface area contributed by atoms with E-state index in [4.69, 9.17) is 11.6 Å². The van der Waals surface area contributed by atoms with Gasteiger partial charge in [0.25, 0.3) is 0 Å². The van der Waals surface area contributed by atoms with Crippen LogP contribution in [0, 0.1) is 0 Å². The van der Waals surface area contributed by atoms with Crippen molar-refractivity contribution < 1.29 is 4.79 Å². The summed E-state index contributed by atoms with van der Waals surface area (Å²) in [7, 11) is 0. The van der Waals surface area contributed by atoms with Crippen LogP contribution in [0.1, 0.15) is 19.3 Å². The number of halogens is 1. The Balaban J connectivity index is 2.07. The fraction of sp³-hybridized carbons (Fsp3) is 0.400. The number of benzene rings is 1. The number of hydrogen-bond donors (Lipinski definition) is 2. The van der Waals surface area contributed by atoms with Gasteiger partial charge in [-0.25, -0.2) is 0 Å². The summed E-state index contributed by atoms with van der Waals surface area (Å²) in [4.78, 5) is 13.3. The summed E-state index contributed by atoms with van der Waals surface area (Å²) in [5.41, 5.74) is 0.779. The Bertz CT molecular complexity index is 487. The first kappa shape index (κ1) is 15.4. The van der Waals surface area contributed by atoms with E-state index < -0.39 is 0 Å². The van der Waals surface area contributed by atoms with E-state index in [0.29, 0.717) is 5.02 Å². The lowest BCUT2D eigenvalue weighted by atomic mass is 10.0. The average Bonchev–Trinajstić information content (AvgIpc) is 2.47. The van der Waals surface area contributed by atoms with Crippen LogP contribution in [0.4, 0.5) is 5.69 Å². The molecule has 1 aliphatic rings. The molecule has 0 spiro atoms. The summed E-state index contributed by atoms with van der Waals surface area (Å²) < 4.78 is 0. The van der Waals surface area contributed by atoms with E-state index in [1.807, 2.05) is 18.2 Å². The molecule has 0 bridgehead atoms. The molecule has 0 aliphatic carbocycles. The molecule has 20 heavy (non-hydrogen) atoms. The maximum absolute atomic E-state index is 12.3. The van der Waals surface area contributed by atoms with Crippen molar-refractivity contribution in [3.63, 3.8) is 0 Å². The van der Waals surface area contributed by atoms with Gasteiger partial charge in [-0.3, -0.25) is 4.79 Å². The normalized spacial score (nSPS) is 18.6. The van der Waals surface area contributed by atoms with E-state index >= 15 is 0 Å². The SMILES string of the molecule is C=CCSc1ccc(Cl)cc1NC(=O)C1CCCCN1. The second kappa shape index (κ2) is 7.72. The molecular weight excluding hydrogens is 292 g/mol. The molecule has 2 rings (SSSR count). The topological polar surface area (TPSA) is 41.1 Å². The lowest BCUT2D eigenvalue weighted by molar-refractivity contribution is -0.118. The van der Waals surface area contributed by atoms with Crippen LogP contribution in [-0.4, -0.2) is 24.2 Å². The number of hydrogen-bond acceptors (Lipinski definition) is 3. The minimum atomic E-state index is -0.0972. The highest BCUT2D eigenvalue weighted by atomic mass is 35.5. The third-order valence-electron chi connectivity index (χ3n) is 3.18. The van der Waals surface area contributed by atoms with Gasteiger partial charge in [0.1, 0.15) is 0 Å². The van der Waals surface area contributed by atoms with E-state index in [-0.39, 0.29) is 11.9 Å². The second-order valence-electron chi connectivity index (χ2n) is 4.73. The van der Waals surface area contributed by atoms with Crippen molar-refractivity contribution in [1.82, 2.24) is 5.32 Å². The minimum absolute atomic E-state index is 0.0208. The van der Waals surface area contributed by atoms with Crippen molar-refractivity contribution in [3.05, 3.63) is 35.9 Å². The number of carbonyl (C=O) groups excluding carboxylic acids is 1. The van der Waals surface area contributed by atoms with Crippen molar-refractivity contribution in [2.24, 2.45) is 0 Å². The second-order valence-corrected chi connectivity index (χ2v) is 6.23. The lowest BCUT2D eigenvalue weighted by Gasteiger charge is -2.23. The Labute approximate surface area is 129 Å². The van der Waals surface area contributed by atoms with Crippen LogP contribution in [-0.2, 0) is 4.79 Å². The molecule has 1 fully saturated rings. The van der Waals surface area contributed by atoms with Crippen molar-refractivity contribution in [2.75, 3.05) is 17.6 Å². The Morgan fingerprint density at radius 3 is 3.10 bits per heavy atom. The zero-order chi connectivity index (χ0) is 14.4.